The van der Waals surface area contributed by atoms with Crippen LogP contribution in [0.5, 0.6) is 5.75 Å². The fourth-order valence-corrected chi connectivity index (χ4v) is 3.89. The number of nitrogens with one attached hydrogen (secondary N) is 1. The Morgan fingerprint density at radius 2 is 1.45 bits per heavy atom. The molecule has 6 nitrogen and oxygen atoms in total. The lowest BCUT2D eigenvalue weighted by Gasteiger charge is -2.09. The number of carbonyl (C=O) groups excluding carboxylic acids is 1. The quantitative estimate of drug-likeness (QED) is 0.509. The fraction of sp³-hybridized carbons (Fsp3) is 0.174. The van der Waals surface area contributed by atoms with Crippen molar-refractivity contribution in [2.75, 3.05) is 7.11 Å². The first-order valence-corrected chi connectivity index (χ1v) is 11.1. The first kappa shape index (κ1) is 22.5. The van der Waals surface area contributed by atoms with Gasteiger partial charge in [-0.3, -0.25) is 0 Å². The molecule has 3 aromatic rings. The molecule has 0 fully saturated rings. The highest BCUT2D eigenvalue weighted by molar-refractivity contribution is 7.88. The third-order valence-corrected chi connectivity index (χ3v) is 5.77. The van der Waals surface area contributed by atoms with Crippen molar-refractivity contribution in [2.24, 2.45) is 0 Å². The summed E-state index contributed by atoms with van der Waals surface area (Å²) in [4.78, 5) is 11.4. The highest BCUT2D eigenvalue weighted by Crippen LogP contribution is 2.15. The Labute approximate surface area is 180 Å². The van der Waals surface area contributed by atoms with Gasteiger partial charge in [0.05, 0.1) is 18.4 Å². The van der Waals surface area contributed by atoms with Gasteiger partial charge in [0.25, 0.3) is 0 Å². The van der Waals surface area contributed by atoms with Gasteiger partial charge < -0.3 is 9.47 Å². The molecular weight excluding hydrogens is 421 g/mol. The van der Waals surface area contributed by atoms with Crippen LogP contribution in [0.15, 0.2) is 72.8 Å². The number of ether oxygens (including phenoxy) is 2. The van der Waals surface area contributed by atoms with E-state index in [9.17, 15) is 17.6 Å². The molecule has 3 aromatic carbocycles. The first-order chi connectivity index (χ1) is 14.8. The first-order valence-electron chi connectivity index (χ1n) is 9.45. The molecular formula is C23H22FNO5S. The summed E-state index contributed by atoms with van der Waals surface area (Å²) in [6.07, 6.45) is 0. The molecule has 3 rings (SSSR count). The molecule has 162 valence electrons. The average Bonchev–Trinajstić information content (AvgIpc) is 2.78. The van der Waals surface area contributed by atoms with Crippen LogP contribution < -0.4 is 9.46 Å². The molecule has 0 aromatic heterocycles. The zero-order chi connectivity index (χ0) is 22.3. The summed E-state index contributed by atoms with van der Waals surface area (Å²) >= 11 is 0. The minimum Gasteiger partial charge on any atom is -0.489 e. The molecule has 0 radical (unpaired) electrons. The highest BCUT2D eigenvalue weighted by atomic mass is 32.2. The normalized spacial score (nSPS) is 11.2. The lowest BCUT2D eigenvalue weighted by atomic mass is 10.1. The van der Waals surface area contributed by atoms with Crippen LogP contribution in [0.1, 0.15) is 27.0 Å². The molecule has 0 amide bonds. The van der Waals surface area contributed by atoms with Crippen LogP contribution >= 0.6 is 0 Å². The molecule has 0 atom stereocenters. The molecule has 0 heterocycles. The van der Waals surface area contributed by atoms with Crippen molar-refractivity contribution in [3.05, 3.63) is 101 Å². The lowest BCUT2D eigenvalue weighted by molar-refractivity contribution is 0.0600. The summed E-state index contributed by atoms with van der Waals surface area (Å²) in [6, 6.07) is 19.3. The van der Waals surface area contributed by atoms with Crippen molar-refractivity contribution in [3.8, 4) is 5.75 Å². The van der Waals surface area contributed by atoms with Crippen LogP contribution in [0, 0.1) is 5.82 Å². The zero-order valence-corrected chi connectivity index (χ0v) is 17.7. The Morgan fingerprint density at radius 1 is 0.871 bits per heavy atom. The number of rotatable bonds is 9. The number of sulfonamides is 1. The second-order valence-corrected chi connectivity index (χ2v) is 8.63. The Balaban J connectivity index is 1.50. The molecule has 0 bridgehead atoms. The molecule has 8 heteroatoms. The third-order valence-electron chi connectivity index (χ3n) is 4.47. The minimum absolute atomic E-state index is 0.140. The van der Waals surface area contributed by atoms with Gasteiger partial charge in [-0.1, -0.05) is 36.4 Å². The molecule has 0 unspecified atom stereocenters. The van der Waals surface area contributed by atoms with Crippen molar-refractivity contribution in [1.82, 2.24) is 4.72 Å². The van der Waals surface area contributed by atoms with Crippen molar-refractivity contribution < 1.29 is 27.1 Å². The maximum atomic E-state index is 12.9. The average molecular weight is 443 g/mol. The van der Waals surface area contributed by atoms with Crippen molar-refractivity contribution >= 4 is 16.0 Å². The summed E-state index contributed by atoms with van der Waals surface area (Å²) in [6.45, 7) is 0.446. The number of hydrogen-bond acceptors (Lipinski definition) is 5. The zero-order valence-electron chi connectivity index (χ0n) is 16.9. The molecule has 0 aliphatic rings. The Morgan fingerprint density at radius 3 is 2.06 bits per heavy atom. The topological polar surface area (TPSA) is 81.7 Å². The molecule has 0 aliphatic heterocycles. The van der Waals surface area contributed by atoms with E-state index in [2.05, 4.69) is 9.46 Å². The van der Waals surface area contributed by atoms with Crippen LogP contribution in [0.3, 0.4) is 0 Å². The predicted molar refractivity (Wildman–Crippen MR) is 114 cm³/mol. The number of halogens is 1. The van der Waals surface area contributed by atoms with Crippen LogP contribution in [-0.2, 0) is 33.7 Å². The molecule has 31 heavy (non-hydrogen) atoms. The maximum Gasteiger partial charge on any atom is 0.337 e. The largest absolute Gasteiger partial charge is 0.489 e. The van der Waals surface area contributed by atoms with Gasteiger partial charge in [-0.2, -0.15) is 0 Å². The van der Waals surface area contributed by atoms with Gasteiger partial charge >= 0.3 is 5.97 Å². The molecule has 1 N–H and O–H groups in total. The van der Waals surface area contributed by atoms with E-state index in [4.69, 9.17) is 4.74 Å². The van der Waals surface area contributed by atoms with Gasteiger partial charge in [-0.25, -0.2) is 22.3 Å². The lowest BCUT2D eigenvalue weighted by Crippen LogP contribution is -2.24. The summed E-state index contributed by atoms with van der Waals surface area (Å²) in [5.41, 5.74) is 2.54. The standard InChI is InChI=1S/C23H22FNO5S/c1-29-23(26)20-8-2-19(3-9-20)16-31(27,28)25-14-17-6-12-22(13-7-17)30-15-18-4-10-21(24)11-5-18/h2-13,25H,14-16H2,1H3. The minimum atomic E-state index is -3.56. The van der Waals surface area contributed by atoms with E-state index in [1.165, 1.54) is 31.4 Å². The van der Waals surface area contributed by atoms with Gasteiger partial charge in [-0.15, -0.1) is 0 Å². The van der Waals surface area contributed by atoms with Crippen molar-refractivity contribution in [1.29, 1.82) is 0 Å². The summed E-state index contributed by atoms with van der Waals surface area (Å²) in [5.74, 6) is -0.346. The number of esters is 1. The summed E-state index contributed by atoms with van der Waals surface area (Å²) in [7, 11) is -2.27. The fourth-order valence-electron chi connectivity index (χ4n) is 2.77. The Kier molecular flexibility index (Phi) is 7.38. The number of hydrogen-bond donors (Lipinski definition) is 1. The SMILES string of the molecule is COC(=O)c1ccc(CS(=O)(=O)NCc2ccc(OCc3ccc(F)cc3)cc2)cc1. The summed E-state index contributed by atoms with van der Waals surface area (Å²) in [5, 5.41) is 0. The van der Waals surface area contributed by atoms with Gasteiger partial charge in [0.15, 0.2) is 0 Å². The monoisotopic (exact) mass is 443 g/mol. The van der Waals surface area contributed by atoms with Gasteiger partial charge in [-0.05, 0) is 53.1 Å². The van der Waals surface area contributed by atoms with Crippen LogP contribution in [0.4, 0.5) is 4.39 Å². The van der Waals surface area contributed by atoms with E-state index in [1.807, 2.05) is 0 Å². The summed E-state index contributed by atoms with van der Waals surface area (Å²) < 4.78 is 50.4. The van der Waals surface area contributed by atoms with Crippen molar-refractivity contribution in [2.45, 2.75) is 18.9 Å². The van der Waals surface area contributed by atoms with Gasteiger partial charge in [0.2, 0.25) is 10.0 Å². The number of methoxy groups -OCH3 is 1. The molecule has 0 spiro atoms. The van der Waals surface area contributed by atoms with Crippen LogP contribution in [-0.4, -0.2) is 21.5 Å². The smallest absolute Gasteiger partial charge is 0.337 e. The number of benzene rings is 3. The number of carbonyl (C=O) groups is 1. The Hall–Kier alpha value is -3.23. The van der Waals surface area contributed by atoms with Crippen LogP contribution in [0.25, 0.3) is 0 Å². The second kappa shape index (κ2) is 10.2. The van der Waals surface area contributed by atoms with Crippen LogP contribution in [0.2, 0.25) is 0 Å². The second-order valence-electron chi connectivity index (χ2n) is 6.83. The van der Waals surface area contributed by atoms with Gasteiger partial charge in [0.1, 0.15) is 18.2 Å². The third kappa shape index (κ3) is 6.91. The molecule has 0 aliphatic carbocycles. The van der Waals surface area contributed by atoms with E-state index in [0.717, 1.165) is 11.1 Å². The maximum absolute atomic E-state index is 12.9. The van der Waals surface area contributed by atoms with Gasteiger partial charge in [0, 0.05) is 6.54 Å². The van der Waals surface area contributed by atoms with E-state index < -0.39 is 16.0 Å². The molecule has 0 saturated heterocycles. The van der Waals surface area contributed by atoms with E-state index in [0.29, 0.717) is 23.5 Å². The molecule has 0 saturated carbocycles. The van der Waals surface area contributed by atoms with E-state index in [-0.39, 0.29) is 18.1 Å². The highest BCUT2D eigenvalue weighted by Gasteiger charge is 2.12. The Bertz CT molecular complexity index is 1110. The van der Waals surface area contributed by atoms with Crippen molar-refractivity contribution in [3.63, 3.8) is 0 Å². The van der Waals surface area contributed by atoms with E-state index in [1.54, 1.807) is 48.5 Å². The predicted octanol–water partition coefficient (Wildman–Crippen LogP) is 3.81. The van der Waals surface area contributed by atoms with E-state index >= 15 is 0 Å².